The summed E-state index contributed by atoms with van der Waals surface area (Å²) in [6.45, 7) is 1.56. The average molecular weight is 355 g/mol. The lowest BCUT2D eigenvalue weighted by atomic mass is 10.2. The Labute approximate surface area is 148 Å². The van der Waals surface area contributed by atoms with Crippen LogP contribution >= 0.6 is 0 Å². The second-order valence-corrected chi connectivity index (χ2v) is 5.40. The van der Waals surface area contributed by atoms with Crippen LogP contribution in [0.2, 0.25) is 0 Å². The molecule has 9 nitrogen and oxygen atoms in total. The van der Waals surface area contributed by atoms with E-state index in [0.717, 1.165) is 0 Å². The van der Waals surface area contributed by atoms with Crippen LogP contribution in [0.1, 0.15) is 17.3 Å². The minimum Gasteiger partial charge on any atom is -0.496 e. The molecular formula is C17H17N5O4. The number of carbonyl (C=O) groups excluding carboxylic acids is 2. The molecular weight excluding hydrogens is 338 g/mol. The van der Waals surface area contributed by atoms with E-state index in [1.54, 1.807) is 20.1 Å². The lowest BCUT2D eigenvalue weighted by Crippen LogP contribution is -2.41. The summed E-state index contributed by atoms with van der Waals surface area (Å²) in [5.74, 6) is 0.314. The second-order valence-electron chi connectivity index (χ2n) is 5.40. The summed E-state index contributed by atoms with van der Waals surface area (Å²) >= 11 is 0. The van der Waals surface area contributed by atoms with Crippen molar-refractivity contribution in [1.82, 2.24) is 20.5 Å². The summed E-state index contributed by atoms with van der Waals surface area (Å²) in [4.78, 5) is 28.4. The lowest BCUT2D eigenvalue weighted by Gasteiger charge is -2.11. The summed E-state index contributed by atoms with van der Waals surface area (Å²) < 4.78 is 10.1. The highest BCUT2D eigenvalue weighted by atomic mass is 16.5. The van der Waals surface area contributed by atoms with Crippen molar-refractivity contribution in [2.45, 2.75) is 13.0 Å². The van der Waals surface area contributed by atoms with Crippen LogP contribution in [0.4, 0.5) is 5.95 Å². The lowest BCUT2D eigenvalue weighted by molar-refractivity contribution is -0.117. The number of nitrogens with zero attached hydrogens (tertiary/aromatic N) is 2. The Kier molecular flexibility index (Phi) is 4.97. The molecule has 3 N–H and O–H groups in total. The van der Waals surface area contributed by atoms with Crippen LogP contribution in [0.5, 0.6) is 5.75 Å². The van der Waals surface area contributed by atoms with Crippen molar-refractivity contribution in [3.63, 3.8) is 0 Å². The maximum atomic E-state index is 12.2. The molecule has 2 aromatic heterocycles. The van der Waals surface area contributed by atoms with Gasteiger partial charge in [0, 0.05) is 0 Å². The number of methoxy groups -OCH3 is 1. The Hall–Kier alpha value is -3.62. The fourth-order valence-electron chi connectivity index (χ4n) is 2.24. The largest absolute Gasteiger partial charge is 0.496 e. The van der Waals surface area contributed by atoms with E-state index in [9.17, 15) is 9.59 Å². The van der Waals surface area contributed by atoms with Gasteiger partial charge in [-0.2, -0.15) is 4.98 Å². The zero-order chi connectivity index (χ0) is 18.5. The smallest absolute Gasteiger partial charge is 0.255 e. The van der Waals surface area contributed by atoms with Crippen LogP contribution in [0.15, 0.2) is 47.3 Å². The highest BCUT2D eigenvalue weighted by Gasteiger charge is 2.19. The van der Waals surface area contributed by atoms with Crippen molar-refractivity contribution < 1.29 is 18.7 Å². The molecule has 3 aromatic rings. The van der Waals surface area contributed by atoms with Gasteiger partial charge in [0.25, 0.3) is 5.91 Å². The number of ether oxygens (including phenoxy) is 1. The number of hydrogen-bond acceptors (Lipinski definition) is 6. The molecule has 0 aliphatic rings. The van der Waals surface area contributed by atoms with Gasteiger partial charge in [-0.3, -0.25) is 20.0 Å². The number of amides is 2. The van der Waals surface area contributed by atoms with E-state index in [2.05, 4.69) is 25.8 Å². The monoisotopic (exact) mass is 355 g/mol. The van der Waals surface area contributed by atoms with Gasteiger partial charge >= 0.3 is 0 Å². The first-order valence-electron chi connectivity index (χ1n) is 7.78. The average Bonchev–Trinajstić information content (AvgIpc) is 3.33. The zero-order valence-corrected chi connectivity index (χ0v) is 14.1. The van der Waals surface area contributed by atoms with Crippen molar-refractivity contribution >= 4 is 17.8 Å². The molecule has 26 heavy (non-hydrogen) atoms. The van der Waals surface area contributed by atoms with Gasteiger partial charge in [0.1, 0.15) is 18.1 Å². The number of aromatic amines is 1. The summed E-state index contributed by atoms with van der Waals surface area (Å²) in [5.41, 5.74) is 1.05. The molecule has 2 heterocycles. The van der Waals surface area contributed by atoms with Crippen LogP contribution in [-0.2, 0) is 4.79 Å². The highest BCUT2D eigenvalue weighted by molar-refractivity contribution is 6.00. The molecule has 0 radical (unpaired) electrons. The van der Waals surface area contributed by atoms with E-state index in [1.807, 2.05) is 18.2 Å². The fraction of sp³-hybridized carbons (Fsp3) is 0.176. The summed E-state index contributed by atoms with van der Waals surface area (Å²) in [6.07, 6.45) is 2.68. The van der Waals surface area contributed by atoms with Gasteiger partial charge in [0.05, 0.1) is 24.5 Å². The highest BCUT2D eigenvalue weighted by Crippen LogP contribution is 2.26. The number of hydrogen-bond donors (Lipinski definition) is 3. The molecule has 9 heteroatoms. The number of para-hydroxylation sites is 1. The van der Waals surface area contributed by atoms with Gasteiger partial charge in [0.2, 0.25) is 11.9 Å². The van der Waals surface area contributed by atoms with E-state index < -0.39 is 17.9 Å². The van der Waals surface area contributed by atoms with Gasteiger partial charge < -0.3 is 14.5 Å². The summed E-state index contributed by atoms with van der Waals surface area (Å²) in [6, 6.07) is 8.01. The molecule has 1 unspecified atom stereocenters. The predicted octanol–water partition coefficient (Wildman–Crippen LogP) is 1.83. The number of nitrogens with one attached hydrogen (secondary N) is 3. The number of benzene rings is 1. The van der Waals surface area contributed by atoms with Crippen molar-refractivity contribution in [1.29, 1.82) is 0 Å². The van der Waals surface area contributed by atoms with E-state index in [0.29, 0.717) is 22.7 Å². The normalized spacial score (nSPS) is 11.6. The van der Waals surface area contributed by atoms with Crippen molar-refractivity contribution in [3.05, 3.63) is 48.4 Å². The minimum absolute atomic E-state index is 0.0975. The fourth-order valence-corrected chi connectivity index (χ4v) is 2.24. The molecule has 0 saturated heterocycles. The molecule has 2 amide bonds. The predicted molar refractivity (Wildman–Crippen MR) is 92.6 cm³/mol. The molecule has 0 spiro atoms. The molecule has 0 aliphatic heterocycles. The van der Waals surface area contributed by atoms with Gasteiger partial charge in [-0.05, 0) is 25.1 Å². The first kappa shape index (κ1) is 17.2. The Bertz CT molecular complexity index is 904. The van der Waals surface area contributed by atoms with Gasteiger partial charge in [-0.15, -0.1) is 5.10 Å². The second kappa shape index (κ2) is 7.51. The van der Waals surface area contributed by atoms with Crippen LogP contribution in [-0.4, -0.2) is 40.1 Å². The van der Waals surface area contributed by atoms with E-state index in [1.165, 1.54) is 18.6 Å². The topological polar surface area (TPSA) is 122 Å². The Morgan fingerprint density at radius 3 is 2.81 bits per heavy atom. The van der Waals surface area contributed by atoms with E-state index in [-0.39, 0.29) is 5.95 Å². The number of anilines is 1. The maximum Gasteiger partial charge on any atom is 0.255 e. The van der Waals surface area contributed by atoms with Crippen LogP contribution in [0.25, 0.3) is 11.4 Å². The van der Waals surface area contributed by atoms with Gasteiger partial charge in [-0.25, -0.2) is 0 Å². The molecule has 0 fully saturated rings. The number of rotatable bonds is 6. The number of aromatic nitrogens is 3. The molecule has 1 aromatic carbocycles. The summed E-state index contributed by atoms with van der Waals surface area (Å²) in [5, 5.41) is 11.8. The molecule has 134 valence electrons. The molecule has 0 saturated carbocycles. The first-order valence-corrected chi connectivity index (χ1v) is 7.78. The number of carbonyl (C=O) groups is 2. The SMILES string of the molecule is COc1ccccc1-c1nc(NC(=O)C(C)NC(=O)c2ccoc2)n[nH]1. The van der Waals surface area contributed by atoms with Crippen molar-refractivity contribution in [3.8, 4) is 17.1 Å². The standard InChI is InChI=1S/C17H17N5O4/c1-10(18-16(24)11-7-8-26-9-11)15(23)20-17-19-14(21-22-17)12-5-3-4-6-13(12)25-2/h3-10H,1-2H3,(H,18,24)(H2,19,20,21,22,23). The van der Waals surface area contributed by atoms with Crippen LogP contribution in [0, 0.1) is 0 Å². The Morgan fingerprint density at radius 2 is 2.08 bits per heavy atom. The van der Waals surface area contributed by atoms with E-state index >= 15 is 0 Å². The van der Waals surface area contributed by atoms with E-state index in [4.69, 9.17) is 9.15 Å². The van der Waals surface area contributed by atoms with Crippen molar-refractivity contribution in [2.75, 3.05) is 12.4 Å². The first-order chi connectivity index (χ1) is 12.6. The molecule has 3 rings (SSSR count). The number of H-pyrrole nitrogens is 1. The third-order valence-corrected chi connectivity index (χ3v) is 3.61. The van der Waals surface area contributed by atoms with Gasteiger partial charge in [0.15, 0.2) is 5.82 Å². The van der Waals surface area contributed by atoms with Crippen LogP contribution in [0.3, 0.4) is 0 Å². The summed E-state index contributed by atoms with van der Waals surface area (Å²) in [7, 11) is 1.56. The third kappa shape index (κ3) is 3.72. The van der Waals surface area contributed by atoms with Crippen LogP contribution < -0.4 is 15.4 Å². The molecule has 1 atom stereocenters. The quantitative estimate of drug-likeness (QED) is 0.620. The maximum absolute atomic E-state index is 12.2. The van der Waals surface area contributed by atoms with Gasteiger partial charge in [-0.1, -0.05) is 12.1 Å². The number of furan rings is 1. The Morgan fingerprint density at radius 1 is 1.27 bits per heavy atom. The Balaban J connectivity index is 1.65. The minimum atomic E-state index is -0.786. The van der Waals surface area contributed by atoms with Crippen molar-refractivity contribution in [2.24, 2.45) is 0 Å². The zero-order valence-electron chi connectivity index (χ0n) is 14.1. The molecule has 0 aliphatic carbocycles. The third-order valence-electron chi connectivity index (χ3n) is 3.61. The molecule has 0 bridgehead atoms.